The number of hydrogen-bond acceptors (Lipinski definition) is 2. The van der Waals surface area contributed by atoms with E-state index < -0.39 is 0 Å². The Bertz CT molecular complexity index is 2910. The number of rotatable bonds is 5. The lowest BCUT2D eigenvalue weighted by atomic mass is 9.60. The minimum Gasteiger partial charge on any atom is -0.310 e. The molecule has 2 nitrogen and oxygen atoms in total. The summed E-state index contributed by atoms with van der Waals surface area (Å²) in [6.45, 7) is 14.6. The van der Waals surface area contributed by atoms with E-state index in [0.717, 1.165) is 11.4 Å². The molecule has 3 aliphatic rings. The number of fused-ring (bicyclic) bond motifs is 1. The number of benzene rings is 8. The second-order valence-corrected chi connectivity index (χ2v) is 17.8. The first-order valence-corrected chi connectivity index (χ1v) is 20.4. The normalized spacial score (nSPS) is 15.9. The predicted molar refractivity (Wildman–Crippen MR) is 241 cm³/mol. The molecule has 0 unspecified atom stereocenters. The van der Waals surface area contributed by atoms with Crippen LogP contribution >= 0.6 is 0 Å². The van der Waals surface area contributed by atoms with E-state index in [1.54, 1.807) is 0 Å². The first-order valence-electron chi connectivity index (χ1n) is 20.4. The van der Waals surface area contributed by atoms with Gasteiger partial charge in [0, 0.05) is 33.0 Å². The number of para-hydroxylation sites is 2. The van der Waals surface area contributed by atoms with Crippen molar-refractivity contribution in [2.24, 2.45) is 0 Å². The largest absolute Gasteiger partial charge is 0.310 e. The first kappa shape index (κ1) is 33.9. The van der Waals surface area contributed by atoms with Crippen LogP contribution in [0, 0.1) is 0 Å². The molecule has 3 heterocycles. The first-order chi connectivity index (χ1) is 27.5. The number of anilines is 6. The minimum absolute atomic E-state index is 0.167. The molecule has 0 N–H and O–H groups in total. The summed E-state index contributed by atoms with van der Waals surface area (Å²) in [5.74, 6) is 0. The lowest BCUT2D eigenvalue weighted by Gasteiger charge is -2.55. The fourth-order valence-electron chi connectivity index (χ4n) is 10.4. The molecule has 0 aromatic heterocycles. The van der Waals surface area contributed by atoms with Gasteiger partial charge in [0.15, 0.2) is 0 Å². The second-order valence-electron chi connectivity index (χ2n) is 17.8. The van der Waals surface area contributed by atoms with Gasteiger partial charge in [-0.05, 0) is 116 Å². The maximum atomic E-state index is 2.67. The fourth-order valence-corrected chi connectivity index (χ4v) is 10.4. The average molecular weight is 735 g/mol. The van der Waals surface area contributed by atoms with Crippen molar-refractivity contribution in [1.29, 1.82) is 0 Å². The number of hydrogen-bond donors (Lipinski definition) is 0. The summed E-state index contributed by atoms with van der Waals surface area (Å²) in [4.78, 5) is 5.06. The molecule has 0 spiro atoms. The molecule has 0 aliphatic carbocycles. The van der Waals surface area contributed by atoms with Gasteiger partial charge in [0.25, 0.3) is 0 Å². The summed E-state index contributed by atoms with van der Waals surface area (Å²) >= 11 is 0. The lowest BCUT2D eigenvalue weighted by molar-refractivity contribution is 0.567. The van der Waals surface area contributed by atoms with Crippen LogP contribution < -0.4 is 9.80 Å². The van der Waals surface area contributed by atoms with Gasteiger partial charge in [0.2, 0.25) is 0 Å². The van der Waals surface area contributed by atoms with Crippen LogP contribution in [0.3, 0.4) is 0 Å². The Labute approximate surface area is 336 Å². The molecule has 8 aromatic rings. The van der Waals surface area contributed by atoms with Crippen molar-refractivity contribution in [3.8, 4) is 22.3 Å². The molecular formula is C55H46N2. The van der Waals surface area contributed by atoms with Crippen molar-refractivity contribution in [3.05, 3.63) is 203 Å². The maximum Gasteiger partial charge on any atom is 0.0544 e. The molecule has 8 aromatic carbocycles. The van der Waals surface area contributed by atoms with E-state index in [9.17, 15) is 0 Å². The molecule has 0 saturated carbocycles. The van der Waals surface area contributed by atoms with Crippen LogP contribution in [-0.2, 0) is 16.2 Å². The predicted octanol–water partition coefficient (Wildman–Crippen LogP) is 15.0. The van der Waals surface area contributed by atoms with Crippen molar-refractivity contribution in [1.82, 2.24) is 0 Å². The van der Waals surface area contributed by atoms with Crippen molar-refractivity contribution in [2.45, 2.75) is 57.8 Å². The minimum atomic E-state index is -0.250. The number of nitrogens with zero attached hydrogens (tertiary/aromatic N) is 2. The zero-order valence-electron chi connectivity index (χ0n) is 33.6. The highest BCUT2D eigenvalue weighted by atomic mass is 15.2. The molecule has 3 aliphatic heterocycles. The van der Waals surface area contributed by atoms with E-state index in [4.69, 9.17) is 0 Å². The molecule has 0 saturated heterocycles. The fraction of sp³-hybridized carbons (Fsp3) is 0.164. The highest BCUT2D eigenvalue weighted by Crippen LogP contribution is 2.67. The molecule has 11 rings (SSSR count). The second kappa shape index (κ2) is 11.8. The van der Waals surface area contributed by atoms with Crippen LogP contribution in [0.4, 0.5) is 34.1 Å². The molecule has 276 valence electrons. The van der Waals surface area contributed by atoms with E-state index in [1.165, 1.54) is 89.2 Å². The van der Waals surface area contributed by atoms with Gasteiger partial charge in [0.1, 0.15) is 0 Å². The molecule has 0 fully saturated rings. The van der Waals surface area contributed by atoms with Crippen molar-refractivity contribution >= 4 is 44.9 Å². The summed E-state index contributed by atoms with van der Waals surface area (Å²) in [7, 11) is 0. The monoisotopic (exact) mass is 734 g/mol. The van der Waals surface area contributed by atoms with Gasteiger partial charge in [-0.2, -0.15) is 0 Å². The third kappa shape index (κ3) is 4.71. The Morgan fingerprint density at radius 2 is 0.772 bits per heavy atom. The highest BCUT2D eigenvalue weighted by Gasteiger charge is 2.52. The third-order valence-electron chi connectivity index (χ3n) is 13.6. The smallest absolute Gasteiger partial charge is 0.0544 e. The van der Waals surface area contributed by atoms with Crippen LogP contribution in [0.2, 0.25) is 0 Å². The molecular weight excluding hydrogens is 689 g/mol. The van der Waals surface area contributed by atoms with Gasteiger partial charge in [-0.1, -0.05) is 157 Å². The lowest BCUT2D eigenvalue weighted by Crippen LogP contribution is -2.43. The standard InChI is InChI=1S/C55H46N2/c1-53(2)43-24-16-25-44-50(43)57-51-45(53)31-38(35-17-9-7-10-18-35)32-47(51)55(5,6)48-34-39(33-46(52(48)57)54(44,3)4)36-27-29-41(30-28-36)56(40-21-11-8-12-22-40)49-26-15-20-37-19-13-14-23-42(37)49/h7-34H,1-6H3. The van der Waals surface area contributed by atoms with Crippen LogP contribution in [-0.4, -0.2) is 0 Å². The van der Waals surface area contributed by atoms with Crippen molar-refractivity contribution < 1.29 is 0 Å². The van der Waals surface area contributed by atoms with Gasteiger partial charge in [-0.15, -0.1) is 0 Å². The van der Waals surface area contributed by atoms with Gasteiger partial charge >= 0.3 is 0 Å². The maximum absolute atomic E-state index is 2.67. The summed E-state index contributed by atoms with van der Waals surface area (Å²) in [5.41, 5.74) is 20.3. The Morgan fingerprint density at radius 1 is 0.351 bits per heavy atom. The van der Waals surface area contributed by atoms with Crippen LogP contribution in [0.15, 0.2) is 170 Å². The van der Waals surface area contributed by atoms with Crippen molar-refractivity contribution in [2.75, 3.05) is 9.80 Å². The third-order valence-corrected chi connectivity index (χ3v) is 13.6. The van der Waals surface area contributed by atoms with E-state index in [2.05, 4.69) is 221 Å². The van der Waals surface area contributed by atoms with Crippen LogP contribution in [0.25, 0.3) is 33.0 Å². The summed E-state index contributed by atoms with van der Waals surface area (Å²) in [6.07, 6.45) is 0. The Kier molecular flexibility index (Phi) is 7.03. The van der Waals surface area contributed by atoms with Gasteiger partial charge in [-0.3, -0.25) is 0 Å². The van der Waals surface area contributed by atoms with Crippen molar-refractivity contribution in [3.63, 3.8) is 0 Å². The van der Waals surface area contributed by atoms with Crippen LogP contribution in [0.5, 0.6) is 0 Å². The molecule has 2 heteroatoms. The SMILES string of the molecule is CC1(C)c2cccc3c2N2c4c1cc(-c1ccccc1)cc4C(C)(C)c1cc(-c4ccc(N(c5ccccc5)c5cccc6ccccc56)cc4)cc(c12)C3(C)C. The zero-order valence-corrected chi connectivity index (χ0v) is 33.6. The van der Waals surface area contributed by atoms with E-state index >= 15 is 0 Å². The van der Waals surface area contributed by atoms with Crippen LogP contribution in [0.1, 0.15) is 74.9 Å². The molecule has 0 atom stereocenters. The van der Waals surface area contributed by atoms with Gasteiger partial charge in [-0.25, -0.2) is 0 Å². The van der Waals surface area contributed by atoms with E-state index in [1.807, 2.05) is 0 Å². The zero-order chi connectivity index (χ0) is 38.8. The molecule has 0 amide bonds. The summed E-state index contributed by atoms with van der Waals surface area (Å²) in [6, 6.07) is 63.2. The molecule has 0 bridgehead atoms. The average Bonchev–Trinajstić information content (AvgIpc) is 3.24. The van der Waals surface area contributed by atoms with Gasteiger partial charge < -0.3 is 9.80 Å². The van der Waals surface area contributed by atoms with Gasteiger partial charge in [0.05, 0.1) is 22.7 Å². The quantitative estimate of drug-likeness (QED) is 0.174. The van der Waals surface area contributed by atoms with E-state index in [0.29, 0.717) is 0 Å². The Hall–Kier alpha value is -6.38. The molecule has 0 radical (unpaired) electrons. The highest BCUT2D eigenvalue weighted by molar-refractivity contribution is 6.01. The van der Waals surface area contributed by atoms with E-state index in [-0.39, 0.29) is 16.2 Å². The topological polar surface area (TPSA) is 6.48 Å². The molecule has 57 heavy (non-hydrogen) atoms. The Balaban J connectivity index is 1.12. The Morgan fingerprint density at radius 3 is 1.35 bits per heavy atom. The summed E-state index contributed by atoms with van der Waals surface area (Å²) < 4.78 is 0. The summed E-state index contributed by atoms with van der Waals surface area (Å²) in [5, 5.41) is 2.46.